The fourth-order valence-corrected chi connectivity index (χ4v) is 1.54. The molecule has 3 N–H and O–H groups in total. The number of aromatic amines is 2. The molecule has 7 heteroatoms. The van der Waals surface area contributed by atoms with Crippen LogP contribution in [0, 0.1) is 0 Å². The zero-order valence-corrected chi connectivity index (χ0v) is 9.32. The topological polar surface area (TPSA) is 90.6 Å². The SMILES string of the molecule is CSCCCCNc1n[nH]c(=O)[nH]c1=O. The van der Waals surface area contributed by atoms with E-state index < -0.39 is 11.2 Å². The molecule has 0 spiro atoms. The number of unbranched alkanes of at least 4 members (excludes halogenated alkanes) is 1. The molecule has 0 atom stereocenters. The Balaban J connectivity index is 2.38. The Hall–Kier alpha value is -1.24. The predicted molar refractivity (Wildman–Crippen MR) is 61.6 cm³/mol. The van der Waals surface area contributed by atoms with Crippen LogP contribution >= 0.6 is 11.8 Å². The van der Waals surface area contributed by atoms with E-state index >= 15 is 0 Å². The van der Waals surface area contributed by atoms with Crippen molar-refractivity contribution in [2.75, 3.05) is 23.9 Å². The molecule has 0 aliphatic rings. The van der Waals surface area contributed by atoms with Crippen molar-refractivity contribution < 1.29 is 0 Å². The number of nitrogens with zero attached hydrogens (tertiary/aromatic N) is 1. The molecular weight excluding hydrogens is 216 g/mol. The van der Waals surface area contributed by atoms with E-state index in [0.29, 0.717) is 6.54 Å². The van der Waals surface area contributed by atoms with Gasteiger partial charge in [-0.15, -0.1) is 5.10 Å². The zero-order chi connectivity index (χ0) is 11.1. The van der Waals surface area contributed by atoms with Crippen molar-refractivity contribution >= 4 is 17.6 Å². The number of aromatic nitrogens is 3. The first-order valence-corrected chi connectivity index (χ1v) is 6.05. The Kier molecular flexibility index (Phi) is 4.96. The number of thioether (sulfide) groups is 1. The van der Waals surface area contributed by atoms with Gasteiger partial charge in [-0.05, 0) is 24.9 Å². The average molecular weight is 230 g/mol. The fourth-order valence-electron chi connectivity index (χ4n) is 1.05. The summed E-state index contributed by atoms with van der Waals surface area (Å²) < 4.78 is 0. The minimum Gasteiger partial charge on any atom is -0.364 e. The highest BCUT2D eigenvalue weighted by Gasteiger charge is 1.99. The third kappa shape index (κ3) is 4.20. The molecule has 15 heavy (non-hydrogen) atoms. The molecule has 0 aromatic carbocycles. The lowest BCUT2D eigenvalue weighted by atomic mass is 10.3. The van der Waals surface area contributed by atoms with Gasteiger partial charge >= 0.3 is 5.69 Å². The molecule has 0 aliphatic carbocycles. The van der Waals surface area contributed by atoms with Crippen LogP contribution in [0.25, 0.3) is 0 Å². The minimum absolute atomic E-state index is 0.166. The van der Waals surface area contributed by atoms with Gasteiger partial charge in [-0.1, -0.05) is 0 Å². The summed E-state index contributed by atoms with van der Waals surface area (Å²) in [6.07, 6.45) is 4.12. The average Bonchev–Trinajstić information content (AvgIpc) is 2.20. The quantitative estimate of drug-likeness (QED) is 0.599. The Morgan fingerprint density at radius 1 is 1.40 bits per heavy atom. The first-order valence-electron chi connectivity index (χ1n) is 4.66. The summed E-state index contributed by atoms with van der Waals surface area (Å²) in [5.74, 6) is 1.27. The van der Waals surface area contributed by atoms with Crippen LogP contribution in [0.5, 0.6) is 0 Å². The molecule has 0 radical (unpaired) electrons. The number of rotatable bonds is 6. The standard InChI is InChI=1S/C8H14N4O2S/c1-15-5-3-2-4-9-6-7(13)10-8(14)12-11-6/h2-5H2,1H3,(H,9,11)(H2,10,12,13,14). The lowest BCUT2D eigenvalue weighted by Gasteiger charge is -2.02. The Bertz CT molecular complexity index is 400. The lowest BCUT2D eigenvalue weighted by molar-refractivity contribution is 0.820. The van der Waals surface area contributed by atoms with Crippen LogP contribution in [0.1, 0.15) is 12.8 Å². The summed E-state index contributed by atoms with van der Waals surface area (Å²) >= 11 is 1.79. The van der Waals surface area contributed by atoms with Gasteiger partial charge in [0.1, 0.15) is 0 Å². The van der Waals surface area contributed by atoms with Gasteiger partial charge in [-0.2, -0.15) is 11.8 Å². The molecule has 0 saturated heterocycles. The van der Waals surface area contributed by atoms with Gasteiger partial charge in [-0.25, -0.2) is 9.89 Å². The van der Waals surface area contributed by atoms with Crippen LogP contribution in [0.3, 0.4) is 0 Å². The van der Waals surface area contributed by atoms with E-state index in [4.69, 9.17) is 0 Å². The second-order valence-corrected chi connectivity index (χ2v) is 3.97. The van der Waals surface area contributed by atoms with Gasteiger partial charge in [0.15, 0.2) is 0 Å². The maximum Gasteiger partial charge on any atom is 0.342 e. The third-order valence-electron chi connectivity index (χ3n) is 1.78. The highest BCUT2D eigenvalue weighted by atomic mass is 32.2. The monoisotopic (exact) mass is 230 g/mol. The normalized spacial score (nSPS) is 10.2. The molecule has 1 aromatic heterocycles. The maximum absolute atomic E-state index is 11.2. The fraction of sp³-hybridized carbons (Fsp3) is 0.625. The molecule has 0 fully saturated rings. The predicted octanol–water partition coefficient (Wildman–Crippen LogP) is 0.0133. The summed E-state index contributed by atoms with van der Waals surface area (Å²) in [7, 11) is 0. The summed E-state index contributed by atoms with van der Waals surface area (Å²) in [6, 6.07) is 0. The number of anilines is 1. The van der Waals surface area contributed by atoms with Crippen molar-refractivity contribution in [1.29, 1.82) is 0 Å². The zero-order valence-electron chi connectivity index (χ0n) is 8.50. The van der Waals surface area contributed by atoms with E-state index in [1.165, 1.54) is 0 Å². The molecule has 1 rings (SSSR count). The van der Waals surface area contributed by atoms with Crippen molar-refractivity contribution in [2.45, 2.75) is 12.8 Å². The van der Waals surface area contributed by atoms with Crippen molar-refractivity contribution in [3.8, 4) is 0 Å². The first-order chi connectivity index (χ1) is 7.24. The van der Waals surface area contributed by atoms with Crippen molar-refractivity contribution in [2.24, 2.45) is 0 Å². The summed E-state index contributed by atoms with van der Waals surface area (Å²) in [5, 5.41) is 8.63. The summed E-state index contributed by atoms with van der Waals surface area (Å²) in [4.78, 5) is 23.9. The molecule has 0 amide bonds. The van der Waals surface area contributed by atoms with Gasteiger partial charge in [0.25, 0.3) is 5.56 Å². The first kappa shape index (κ1) is 11.8. The largest absolute Gasteiger partial charge is 0.364 e. The molecular formula is C8H14N4O2S. The highest BCUT2D eigenvalue weighted by Crippen LogP contribution is 1.99. The highest BCUT2D eigenvalue weighted by molar-refractivity contribution is 7.98. The molecule has 0 aliphatic heterocycles. The molecule has 6 nitrogen and oxygen atoms in total. The number of hydrogen-bond donors (Lipinski definition) is 3. The molecule has 84 valence electrons. The van der Waals surface area contributed by atoms with Crippen LogP contribution in [0.4, 0.5) is 5.82 Å². The lowest BCUT2D eigenvalue weighted by Crippen LogP contribution is -2.27. The Labute approximate surface area is 90.9 Å². The van der Waals surface area contributed by atoms with Crippen molar-refractivity contribution in [1.82, 2.24) is 15.2 Å². The second kappa shape index (κ2) is 6.28. The molecule has 1 heterocycles. The van der Waals surface area contributed by atoms with E-state index in [2.05, 4.69) is 26.8 Å². The molecule has 1 aromatic rings. The number of hydrogen-bond acceptors (Lipinski definition) is 5. The summed E-state index contributed by atoms with van der Waals surface area (Å²) in [6.45, 7) is 0.683. The smallest absolute Gasteiger partial charge is 0.342 e. The second-order valence-electron chi connectivity index (χ2n) is 2.98. The van der Waals surface area contributed by atoms with E-state index in [1.54, 1.807) is 11.8 Å². The van der Waals surface area contributed by atoms with Crippen LogP contribution in [-0.2, 0) is 0 Å². The van der Waals surface area contributed by atoms with Gasteiger partial charge in [0, 0.05) is 6.54 Å². The molecule has 0 saturated carbocycles. The molecule has 0 unspecified atom stereocenters. The van der Waals surface area contributed by atoms with E-state index in [0.717, 1.165) is 18.6 Å². The van der Waals surface area contributed by atoms with Crippen LogP contribution < -0.4 is 16.6 Å². The Morgan fingerprint density at radius 2 is 2.20 bits per heavy atom. The Morgan fingerprint density at radius 3 is 2.87 bits per heavy atom. The summed E-state index contributed by atoms with van der Waals surface area (Å²) in [5.41, 5.74) is -1.07. The van der Waals surface area contributed by atoms with Crippen molar-refractivity contribution in [3.05, 3.63) is 20.8 Å². The van der Waals surface area contributed by atoms with Gasteiger partial charge in [0.2, 0.25) is 5.82 Å². The number of H-pyrrole nitrogens is 2. The molecule has 0 bridgehead atoms. The van der Waals surface area contributed by atoms with Gasteiger partial charge in [0.05, 0.1) is 0 Å². The maximum atomic E-state index is 11.2. The number of nitrogens with one attached hydrogen (secondary N) is 3. The van der Waals surface area contributed by atoms with Crippen molar-refractivity contribution in [3.63, 3.8) is 0 Å². The minimum atomic E-state index is -0.590. The van der Waals surface area contributed by atoms with E-state index in [1.807, 2.05) is 0 Å². The van der Waals surface area contributed by atoms with Gasteiger partial charge in [-0.3, -0.25) is 9.78 Å². The van der Waals surface area contributed by atoms with E-state index in [-0.39, 0.29) is 5.82 Å². The van der Waals surface area contributed by atoms with Crippen LogP contribution in [0.2, 0.25) is 0 Å². The van der Waals surface area contributed by atoms with Gasteiger partial charge < -0.3 is 5.32 Å². The van der Waals surface area contributed by atoms with Crippen LogP contribution in [-0.4, -0.2) is 33.7 Å². The third-order valence-corrected chi connectivity index (χ3v) is 2.48. The van der Waals surface area contributed by atoms with E-state index in [9.17, 15) is 9.59 Å². The van der Waals surface area contributed by atoms with Crippen LogP contribution in [0.15, 0.2) is 9.59 Å².